The first-order valence-corrected chi connectivity index (χ1v) is 9.49. The summed E-state index contributed by atoms with van der Waals surface area (Å²) < 4.78 is 24.1. The third-order valence-corrected chi connectivity index (χ3v) is 5.31. The highest BCUT2D eigenvalue weighted by atomic mass is 79.9. The number of hydrogen-bond acceptors (Lipinski definition) is 4. The first-order valence-electron chi connectivity index (χ1n) is 8.70. The van der Waals surface area contributed by atoms with E-state index in [4.69, 9.17) is 9.47 Å². The van der Waals surface area contributed by atoms with Crippen LogP contribution in [0.4, 0.5) is 4.39 Å². The summed E-state index contributed by atoms with van der Waals surface area (Å²) in [5.41, 5.74) is 0.849. The van der Waals surface area contributed by atoms with Crippen molar-refractivity contribution in [3.05, 3.63) is 57.8 Å². The summed E-state index contributed by atoms with van der Waals surface area (Å²) in [5.74, 6) is 0.287. The first kappa shape index (κ1) is 20.1. The number of benzene rings is 2. The van der Waals surface area contributed by atoms with Gasteiger partial charge in [0.25, 0.3) is 11.8 Å². The average molecular weight is 451 g/mol. The number of piperazine rings is 1. The van der Waals surface area contributed by atoms with Gasteiger partial charge in [0.15, 0.2) is 0 Å². The van der Waals surface area contributed by atoms with Crippen LogP contribution in [0.3, 0.4) is 0 Å². The molecule has 3 rings (SSSR count). The molecular weight excluding hydrogens is 431 g/mol. The summed E-state index contributed by atoms with van der Waals surface area (Å²) in [7, 11) is 3.05. The van der Waals surface area contributed by atoms with E-state index in [9.17, 15) is 14.0 Å². The van der Waals surface area contributed by atoms with Crippen molar-refractivity contribution in [1.82, 2.24) is 9.80 Å². The summed E-state index contributed by atoms with van der Waals surface area (Å²) in [6.07, 6.45) is 0. The smallest absolute Gasteiger partial charge is 0.257 e. The highest BCUT2D eigenvalue weighted by Gasteiger charge is 2.27. The van der Waals surface area contributed by atoms with Crippen LogP contribution in [0, 0.1) is 5.82 Å². The van der Waals surface area contributed by atoms with Gasteiger partial charge in [-0.05, 0) is 46.3 Å². The largest absolute Gasteiger partial charge is 0.497 e. The van der Waals surface area contributed by atoms with Gasteiger partial charge in [-0.15, -0.1) is 0 Å². The molecule has 28 heavy (non-hydrogen) atoms. The molecule has 6 nitrogen and oxygen atoms in total. The predicted molar refractivity (Wildman–Crippen MR) is 105 cm³/mol. The molecule has 0 bridgehead atoms. The van der Waals surface area contributed by atoms with Crippen molar-refractivity contribution in [2.75, 3.05) is 40.4 Å². The highest BCUT2D eigenvalue weighted by Crippen LogP contribution is 2.26. The van der Waals surface area contributed by atoms with Crippen LogP contribution >= 0.6 is 15.9 Å². The third-order valence-electron chi connectivity index (χ3n) is 4.65. The normalized spacial score (nSPS) is 14.0. The quantitative estimate of drug-likeness (QED) is 0.717. The summed E-state index contributed by atoms with van der Waals surface area (Å²) >= 11 is 3.23. The van der Waals surface area contributed by atoms with Crippen LogP contribution in [0.5, 0.6) is 11.5 Å². The highest BCUT2D eigenvalue weighted by molar-refractivity contribution is 9.10. The molecule has 0 N–H and O–H groups in total. The van der Waals surface area contributed by atoms with Crippen molar-refractivity contribution in [2.45, 2.75) is 0 Å². The number of ether oxygens (including phenoxy) is 2. The average Bonchev–Trinajstić information content (AvgIpc) is 2.72. The van der Waals surface area contributed by atoms with E-state index >= 15 is 0 Å². The van der Waals surface area contributed by atoms with E-state index in [0.29, 0.717) is 53.3 Å². The Kier molecular flexibility index (Phi) is 6.18. The molecule has 0 unspecified atom stereocenters. The number of rotatable bonds is 4. The molecule has 1 saturated heterocycles. The Morgan fingerprint density at radius 1 is 0.893 bits per heavy atom. The van der Waals surface area contributed by atoms with Crippen molar-refractivity contribution in [2.24, 2.45) is 0 Å². The molecule has 1 fully saturated rings. The molecule has 8 heteroatoms. The van der Waals surface area contributed by atoms with Crippen molar-refractivity contribution in [3.63, 3.8) is 0 Å². The number of carbonyl (C=O) groups excluding carboxylic acids is 2. The number of halogens is 2. The van der Waals surface area contributed by atoms with Crippen molar-refractivity contribution in [3.8, 4) is 11.5 Å². The second-order valence-electron chi connectivity index (χ2n) is 6.27. The molecule has 148 valence electrons. The third kappa shape index (κ3) is 4.11. The van der Waals surface area contributed by atoms with E-state index in [1.54, 1.807) is 35.1 Å². The standard InChI is InChI=1S/C20H20BrFN2O4/c1-27-14-4-6-16(18(12-14)28-2)20(26)24-9-7-23(8-10-24)19(25)15-5-3-13(22)11-17(15)21/h3-6,11-12H,7-10H2,1-2H3. The Bertz CT molecular complexity index is 898. The van der Waals surface area contributed by atoms with Gasteiger partial charge in [0.2, 0.25) is 0 Å². The SMILES string of the molecule is COc1ccc(C(=O)N2CCN(C(=O)c3ccc(F)cc3Br)CC2)c(OC)c1. The molecule has 0 saturated carbocycles. The molecule has 2 aromatic carbocycles. The molecule has 0 aliphatic carbocycles. The zero-order chi connectivity index (χ0) is 20.3. The lowest BCUT2D eigenvalue weighted by Crippen LogP contribution is -2.50. The van der Waals surface area contributed by atoms with Gasteiger partial charge in [-0.1, -0.05) is 0 Å². The summed E-state index contributed by atoms with van der Waals surface area (Å²) in [4.78, 5) is 28.9. The Morgan fingerprint density at radius 2 is 1.46 bits per heavy atom. The van der Waals surface area contributed by atoms with Gasteiger partial charge >= 0.3 is 0 Å². The summed E-state index contributed by atoms with van der Waals surface area (Å²) in [6, 6.07) is 9.03. The maximum absolute atomic E-state index is 13.2. The van der Waals surface area contributed by atoms with Gasteiger partial charge in [0.1, 0.15) is 17.3 Å². The maximum atomic E-state index is 13.2. The van der Waals surface area contributed by atoms with Gasteiger partial charge in [-0.2, -0.15) is 0 Å². The van der Waals surface area contributed by atoms with Crippen molar-refractivity contribution in [1.29, 1.82) is 0 Å². The number of methoxy groups -OCH3 is 2. The van der Waals surface area contributed by atoms with E-state index in [0.717, 1.165) is 0 Å². The van der Waals surface area contributed by atoms with Crippen LogP contribution in [-0.2, 0) is 0 Å². The number of nitrogens with zero attached hydrogens (tertiary/aromatic N) is 2. The lowest BCUT2D eigenvalue weighted by atomic mass is 10.1. The van der Waals surface area contributed by atoms with E-state index in [1.165, 1.54) is 25.3 Å². The molecule has 0 aromatic heterocycles. The maximum Gasteiger partial charge on any atom is 0.257 e. The Hall–Kier alpha value is -2.61. The molecule has 1 heterocycles. The summed E-state index contributed by atoms with van der Waals surface area (Å²) in [5, 5.41) is 0. The van der Waals surface area contributed by atoms with Crippen LogP contribution in [-0.4, -0.2) is 62.0 Å². The molecule has 1 aliphatic rings. The minimum absolute atomic E-state index is 0.158. The molecule has 2 aromatic rings. The Morgan fingerprint density at radius 3 is 2.00 bits per heavy atom. The Labute approximate surface area is 171 Å². The van der Waals surface area contributed by atoms with Crippen molar-refractivity contribution >= 4 is 27.7 Å². The molecule has 0 radical (unpaired) electrons. The lowest BCUT2D eigenvalue weighted by molar-refractivity contribution is 0.0533. The van der Waals surface area contributed by atoms with E-state index in [1.807, 2.05) is 0 Å². The lowest BCUT2D eigenvalue weighted by Gasteiger charge is -2.35. The molecule has 0 spiro atoms. The van der Waals surface area contributed by atoms with Crippen LogP contribution in [0.15, 0.2) is 40.9 Å². The minimum Gasteiger partial charge on any atom is -0.497 e. The second kappa shape index (κ2) is 8.60. The predicted octanol–water partition coefficient (Wildman–Crippen LogP) is 3.20. The molecule has 1 aliphatic heterocycles. The molecule has 0 atom stereocenters. The number of amides is 2. The fourth-order valence-corrected chi connectivity index (χ4v) is 3.61. The molecule has 2 amide bonds. The van der Waals surface area contributed by atoms with E-state index in [2.05, 4.69) is 15.9 Å². The van der Waals surface area contributed by atoms with Crippen LogP contribution in [0.2, 0.25) is 0 Å². The zero-order valence-corrected chi connectivity index (χ0v) is 17.2. The summed E-state index contributed by atoms with van der Waals surface area (Å²) in [6.45, 7) is 1.59. The van der Waals surface area contributed by atoms with Crippen LogP contribution in [0.25, 0.3) is 0 Å². The van der Waals surface area contributed by atoms with Gasteiger partial charge in [0.05, 0.1) is 25.3 Å². The topological polar surface area (TPSA) is 59.1 Å². The first-order chi connectivity index (χ1) is 13.4. The van der Waals surface area contributed by atoms with E-state index < -0.39 is 5.82 Å². The van der Waals surface area contributed by atoms with Crippen LogP contribution < -0.4 is 9.47 Å². The second-order valence-corrected chi connectivity index (χ2v) is 7.13. The number of carbonyl (C=O) groups is 2. The molecular formula is C20H20BrFN2O4. The van der Waals surface area contributed by atoms with Gasteiger partial charge in [-0.3, -0.25) is 9.59 Å². The fraction of sp³-hybridized carbons (Fsp3) is 0.300. The number of hydrogen-bond donors (Lipinski definition) is 0. The van der Waals surface area contributed by atoms with Gasteiger partial charge in [-0.25, -0.2) is 4.39 Å². The van der Waals surface area contributed by atoms with Crippen molar-refractivity contribution < 1.29 is 23.5 Å². The van der Waals surface area contributed by atoms with E-state index in [-0.39, 0.29) is 11.8 Å². The monoisotopic (exact) mass is 450 g/mol. The minimum atomic E-state index is -0.410. The van der Waals surface area contributed by atoms with Gasteiger partial charge < -0.3 is 19.3 Å². The zero-order valence-electron chi connectivity index (χ0n) is 15.6. The van der Waals surface area contributed by atoms with Crippen LogP contribution in [0.1, 0.15) is 20.7 Å². The fourth-order valence-electron chi connectivity index (χ4n) is 3.09. The Balaban J connectivity index is 1.68. The van der Waals surface area contributed by atoms with Gasteiger partial charge in [0, 0.05) is 36.7 Å².